The zero-order valence-electron chi connectivity index (χ0n) is 11.7. The number of nitro groups is 1. The molecule has 9 heteroatoms. The van der Waals surface area contributed by atoms with Gasteiger partial charge < -0.3 is 0 Å². The average molecular weight is 375 g/mol. The quantitative estimate of drug-likeness (QED) is 0.618. The molecule has 0 bridgehead atoms. The number of benzene rings is 2. The molecule has 1 N–H and O–H groups in total. The zero-order valence-corrected chi connectivity index (χ0v) is 14.0. The number of para-hydroxylation sites is 1. The smallest absolute Gasteiger partial charge is 0.258 e. The summed E-state index contributed by atoms with van der Waals surface area (Å²) in [7, 11) is -3.77. The highest BCUT2D eigenvalue weighted by Crippen LogP contribution is 2.26. The number of nitrogens with one attached hydrogen (secondary N) is 1. The van der Waals surface area contributed by atoms with Crippen molar-refractivity contribution < 1.29 is 13.3 Å². The average Bonchev–Trinajstić information content (AvgIpc) is 2.49. The number of halogens is 2. The molecule has 2 aromatic rings. The summed E-state index contributed by atoms with van der Waals surface area (Å²) in [5, 5.41) is 11.5. The lowest BCUT2D eigenvalue weighted by Crippen LogP contribution is -2.25. The Morgan fingerprint density at radius 2 is 1.70 bits per heavy atom. The minimum Gasteiger partial charge on any atom is -0.258 e. The summed E-state index contributed by atoms with van der Waals surface area (Å²) in [5.41, 5.74) is 0.395. The Morgan fingerprint density at radius 3 is 2.39 bits per heavy atom. The van der Waals surface area contributed by atoms with E-state index in [1.165, 1.54) is 18.2 Å². The van der Waals surface area contributed by atoms with Crippen LogP contribution in [0.1, 0.15) is 11.1 Å². The first-order valence-corrected chi connectivity index (χ1v) is 8.83. The largest absolute Gasteiger partial charge is 0.273 e. The van der Waals surface area contributed by atoms with E-state index in [4.69, 9.17) is 23.2 Å². The number of sulfonamides is 1. The lowest BCUT2D eigenvalue weighted by atomic mass is 10.2. The molecule has 2 aromatic carbocycles. The van der Waals surface area contributed by atoms with Crippen molar-refractivity contribution in [3.63, 3.8) is 0 Å². The van der Waals surface area contributed by atoms with Gasteiger partial charge in [-0.05, 0) is 11.6 Å². The highest BCUT2D eigenvalue weighted by atomic mass is 35.5. The van der Waals surface area contributed by atoms with E-state index >= 15 is 0 Å². The first-order valence-electron chi connectivity index (χ1n) is 6.42. The molecule has 0 saturated carbocycles. The Morgan fingerprint density at radius 1 is 1.04 bits per heavy atom. The topological polar surface area (TPSA) is 89.3 Å². The highest BCUT2D eigenvalue weighted by Gasteiger charge is 2.19. The number of rotatable bonds is 6. The molecule has 0 aliphatic rings. The van der Waals surface area contributed by atoms with Crippen LogP contribution in [-0.4, -0.2) is 13.3 Å². The number of hydrogen-bond acceptors (Lipinski definition) is 4. The van der Waals surface area contributed by atoms with E-state index in [1.54, 1.807) is 24.3 Å². The van der Waals surface area contributed by atoms with Gasteiger partial charge in [0.1, 0.15) is 0 Å². The fourth-order valence-electron chi connectivity index (χ4n) is 1.94. The van der Waals surface area contributed by atoms with E-state index in [9.17, 15) is 18.5 Å². The third-order valence-electron chi connectivity index (χ3n) is 3.05. The summed E-state index contributed by atoms with van der Waals surface area (Å²) >= 11 is 11.9. The Bertz CT molecular complexity index is 840. The normalized spacial score (nSPS) is 11.4. The minimum atomic E-state index is -3.77. The Labute approximate surface area is 143 Å². The molecule has 0 fully saturated rings. The molecule has 0 unspecified atom stereocenters. The first-order chi connectivity index (χ1) is 10.8. The van der Waals surface area contributed by atoms with Crippen molar-refractivity contribution in [2.75, 3.05) is 0 Å². The van der Waals surface area contributed by atoms with Gasteiger partial charge in [-0.3, -0.25) is 10.1 Å². The van der Waals surface area contributed by atoms with Gasteiger partial charge in [0.2, 0.25) is 10.0 Å². The van der Waals surface area contributed by atoms with E-state index in [0.29, 0.717) is 10.6 Å². The van der Waals surface area contributed by atoms with Gasteiger partial charge in [-0.1, -0.05) is 53.5 Å². The van der Waals surface area contributed by atoms with Crippen molar-refractivity contribution in [1.82, 2.24) is 4.72 Å². The molecular weight excluding hydrogens is 363 g/mol. The summed E-state index contributed by atoms with van der Waals surface area (Å²) in [5.74, 6) is -0.498. The third kappa shape index (κ3) is 4.65. The SMILES string of the molecule is O=[N+]([O-])c1ccccc1CS(=O)(=O)NCc1cccc(Cl)c1Cl. The predicted octanol–water partition coefficient (Wildman–Crippen LogP) is 3.52. The van der Waals surface area contributed by atoms with E-state index < -0.39 is 20.7 Å². The fourth-order valence-corrected chi connectivity index (χ4v) is 3.46. The van der Waals surface area contributed by atoms with E-state index in [1.807, 2.05) is 0 Å². The van der Waals surface area contributed by atoms with E-state index in [0.717, 1.165) is 0 Å². The molecule has 23 heavy (non-hydrogen) atoms. The van der Waals surface area contributed by atoms with Crippen LogP contribution in [0.25, 0.3) is 0 Å². The van der Waals surface area contributed by atoms with E-state index in [-0.39, 0.29) is 22.8 Å². The maximum Gasteiger partial charge on any atom is 0.273 e. The Hall–Kier alpha value is -1.67. The lowest BCUT2D eigenvalue weighted by molar-refractivity contribution is -0.385. The summed E-state index contributed by atoms with van der Waals surface area (Å²) in [6.45, 7) is -0.0532. The van der Waals surface area contributed by atoms with Gasteiger partial charge in [-0.15, -0.1) is 0 Å². The summed E-state index contributed by atoms with van der Waals surface area (Å²) < 4.78 is 26.6. The van der Waals surface area contributed by atoms with Crippen molar-refractivity contribution in [3.05, 3.63) is 73.8 Å². The van der Waals surface area contributed by atoms with Crippen LogP contribution in [0.2, 0.25) is 10.0 Å². The van der Waals surface area contributed by atoms with Gasteiger partial charge in [0, 0.05) is 18.2 Å². The second-order valence-electron chi connectivity index (χ2n) is 4.68. The third-order valence-corrected chi connectivity index (χ3v) is 5.18. The van der Waals surface area contributed by atoms with Crippen molar-refractivity contribution >= 4 is 38.9 Å². The van der Waals surface area contributed by atoms with Gasteiger partial charge in [-0.25, -0.2) is 13.1 Å². The molecule has 6 nitrogen and oxygen atoms in total. The standard InChI is InChI=1S/C14H12Cl2N2O4S/c15-12-6-3-5-10(14(12)16)8-17-23(21,22)9-11-4-1-2-7-13(11)18(19)20/h1-7,17H,8-9H2. The maximum atomic E-state index is 12.1. The number of hydrogen-bond donors (Lipinski definition) is 1. The zero-order chi connectivity index (χ0) is 17.0. The maximum absolute atomic E-state index is 12.1. The Balaban J connectivity index is 2.14. The van der Waals surface area contributed by atoms with Crippen LogP contribution in [-0.2, 0) is 22.3 Å². The van der Waals surface area contributed by atoms with Gasteiger partial charge in [0.15, 0.2) is 0 Å². The summed E-state index contributed by atoms with van der Waals surface area (Å²) in [6.07, 6.45) is 0. The molecule has 0 atom stereocenters. The van der Waals surface area contributed by atoms with Crippen molar-refractivity contribution in [2.45, 2.75) is 12.3 Å². The summed E-state index contributed by atoms with van der Waals surface area (Å²) in [6, 6.07) is 10.6. The molecular formula is C14H12Cl2N2O4S. The van der Waals surface area contributed by atoms with Crippen LogP contribution in [0.5, 0.6) is 0 Å². The molecule has 0 amide bonds. The molecule has 0 spiro atoms. The van der Waals surface area contributed by atoms with Crippen LogP contribution in [0.3, 0.4) is 0 Å². The second kappa shape index (κ2) is 7.27. The monoisotopic (exact) mass is 374 g/mol. The van der Waals surface area contributed by atoms with Crippen LogP contribution in [0, 0.1) is 10.1 Å². The van der Waals surface area contributed by atoms with Gasteiger partial charge in [0.05, 0.1) is 20.7 Å². The van der Waals surface area contributed by atoms with Crippen molar-refractivity contribution in [2.24, 2.45) is 0 Å². The van der Waals surface area contributed by atoms with Gasteiger partial charge >= 0.3 is 0 Å². The summed E-state index contributed by atoms with van der Waals surface area (Å²) in [4.78, 5) is 10.3. The number of nitro benzene ring substituents is 1. The molecule has 0 heterocycles. The first kappa shape index (κ1) is 17.7. The predicted molar refractivity (Wildman–Crippen MR) is 89.0 cm³/mol. The van der Waals surface area contributed by atoms with Gasteiger partial charge in [-0.2, -0.15) is 0 Å². The van der Waals surface area contributed by atoms with Crippen molar-refractivity contribution in [3.8, 4) is 0 Å². The van der Waals surface area contributed by atoms with E-state index in [2.05, 4.69) is 4.72 Å². The van der Waals surface area contributed by atoms with Crippen LogP contribution in [0.4, 0.5) is 5.69 Å². The van der Waals surface area contributed by atoms with Crippen LogP contribution in [0.15, 0.2) is 42.5 Å². The van der Waals surface area contributed by atoms with Crippen LogP contribution < -0.4 is 4.72 Å². The molecule has 0 saturated heterocycles. The molecule has 0 aliphatic heterocycles. The lowest BCUT2D eigenvalue weighted by Gasteiger charge is -2.09. The molecule has 2 rings (SSSR count). The van der Waals surface area contributed by atoms with Gasteiger partial charge in [0.25, 0.3) is 5.69 Å². The minimum absolute atomic E-state index is 0.0532. The molecule has 0 radical (unpaired) electrons. The van der Waals surface area contributed by atoms with Crippen molar-refractivity contribution in [1.29, 1.82) is 0 Å². The number of nitrogens with zero attached hydrogens (tertiary/aromatic N) is 1. The van der Waals surface area contributed by atoms with Crippen LogP contribution >= 0.6 is 23.2 Å². The fraction of sp³-hybridized carbons (Fsp3) is 0.143. The second-order valence-corrected chi connectivity index (χ2v) is 7.27. The molecule has 0 aromatic heterocycles. The highest BCUT2D eigenvalue weighted by molar-refractivity contribution is 7.88. The molecule has 0 aliphatic carbocycles. The molecule has 122 valence electrons. The Kier molecular flexibility index (Phi) is 5.59.